The van der Waals surface area contributed by atoms with E-state index in [4.69, 9.17) is 0 Å². The van der Waals surface area contributed by atoms with Crippen molar-refractivity contribution in [1.29, 1.82) is 0 Å². The van der Waals surface area contributed by atoms with Crippen molar-refractivity contribution in [3.05, 3.63) is 51.1 Å². The molecule has 1 atom stereocenters. The highest BCUT2D eigenvalue weighted by atomic mass is 79.9. The quantitative estimate of drug-likeness (QED) is 0.758. The van der Waals surface area contributed by atoms with Crippen LogP contribution in [0.4, 0.5) is 0 Å². The Balaban J connectivity index is 1.67. The summed E-state index contributed by atoms with van der Waals surface area (Å²) >= 11 is 5.09. The first-order chi connectivity index (χ1) is 10.6. The summed E-state index contributed by atoms with van der Waals surface area (Å²) in [6.07, 6.45) is 2.26. The zero-order valence-electron chi connectivity index (χ0n) is 12.1. The van der Waals surface area contributed by atoms with Gasteiger partial charge in [0.2, 0.25) is 0 Å². The molecule has 3 nitrogen and oxygen atoms in total. The van der Waals surface area contributed by atoms with Crippen molar-refractivity contribution in [2.24, 2.45) is 0 Å². The highest BCUT2D eigenvalue weighted by Gasteiger charge is 2.28. The van der Waals surface area contributed by atoms with E-state index in [-0.39, 0.29) is 5.75 Å². The van der Waals surface area contributed by atoms with E-state index in [0.717, 1.165) is 23.9 Å². The number of sulfone groups is 1. The minimum absolute atomic E-state index is 0.177. The van der Waals surface area contributed by atoms with Crippen molar-refractivity contribution >= 4 is 37.1 Å². The fourth-order valence-corrected chi connectivity index (χ4v) is 5.32. The normalized spacial score (nSPS) is 19.6. The highest BCUT2D eigenvalue weighted by molar-refractivity contribution is 9.10. The van der Waals surface area contributed by atoms with Gasteiger partial charge in [-0.3, -0.25) is 4.90 Å². The summed E-state index contributed by atoms with van der Waals surface area (Å²) in [7, 11) is -3.22. The molecular weight excluding hydrogens is 382 g/mol. The SMILES string of the molecule is O=S(=O)(CCN1CCC[C@@H]1c1cccs1)c1ccc(Br)cc1. The van der Waals surface area contributed by atoms with Gasteiger partial charge in [0.15, 0.2) is 9.84 Å². The Bertz CT molecular complexity index is 711. The molecule has 0 radical (unpaired) electrons. The number of benzene rings is 1. The van der Waals surface area contributed by atoms with Gasteiger partial charge in [-0.25, -0.2) is 8.42 Å². The molecule has 0 bridgehead atoms. The third-order valence-corrected chi connectivity index (χ3v) is 7.27. The van der Waals surface area contributed by atoms with Gasteiger partial charge in [-0.1, -0.05) is 22.0 Å². The smallest absolute Gasteiger partial charge is 0.179 e. The Morgan fingerprint density at radius 1 is 1.23 bits per heavy atom. The third-order valence-electron chi connectivity index (χ3n) is 4.06. The lowest BCUT2D eigenvalue weighted by molar-refractivity contribution is 0.276. The number of thiophene rings is 1. The lowest BCUT2D eigenvalue weighted by Crippen LogP contribution is -2.28. The van der Waals surface area contributed by atoms with E-state index in [1.807, 2.05) is 0 Å². The van der Waals surface area contributed by atoms with Crippen LogP contribution in [0.2, 0.25) is 0 Å². The third kappa shape index (κ3) is 3.62. The maximum Gasteiger partial charge on any atom is 0.179 e. The maximum absolute atomic E-state index is 12.5. The molecule has 1 fully saturated rings. The monoisotopic (exact) mass is 399 g/mol. The first kappa shape index (κ1) is 16.2. The maximum atomic E-state index is 12.5. The number of nitrogens with zero attached hydrogens (tertiary/aromatic N) is 1. The molecule has 2 heterocycles. The van der Waals surface area contributed by atoms with Crippen LogP contribution in [-0.2, 0) is 9.84 Å². The van der Waals surface area contributed by atoms with Crippen LogP contribution in [0.5, 0.6) is 0 Å². The van der Waals surface area contributed by atoms with Crippen molar-refractivity contribution in [2.75, 3.05) is 18.8 Å². The number of hydrogen-bond donors (Lipinski definition) is 0. The molecule has 2 aromatic rings. The second kappa shape index (κ2) is 6.83. The van der Waals surface area contributed by atoms with Crippen LogP contribution in [0, 0.1) is 0 Å². The van der Waals surface area contributed by atoms with Gasteiger partial charge < -0.3 is 0 Å². The molecule has 0 aliphatic carbocycles. The summed E-state index contributed by atoms with van der Waals surface area (Å²) in [5.41, 5.74) is 0. The molecular formula is C16H18BrNO2S2. The second-order valence-electron chi connectivity index (χ2n) is 5.48. The van der Waals surface area contributed by atoms with E-state index in [0.29, 0.717) is 17.5 Å². The number of hydrogen-bond acceptors (Lipinski definition) is 4. The van der Waals surface area contributed by atoms with Crippen LogP contribution in [0.15, 0.2) is 51.1 Å². The Morgan fingerprint density at radius 2 is 2.00 bits per heavy atom. The van der Waals surface area contributed by atoms with Gasteiger partial charge in [-0.2, -0.15) is 0 Å². The van der Waals surface area contributed by atoms with E-state index < -0.39 is 9.84 Å². The van der Waals surface area contributed by atoms with Gasteiger partial charge in [0, 0.05) is 21.9 Å². The molecule has 22 heavy (non-hydrogen) atoms. The molecule has 1 saturated heterocycles. The first-order valence-corrected chi connectivity index (χ1v) is 10.6. The van der Waals surface area contributed by atoms with Gasteiger partial charge in [-0.05, 0) is 55.1 Å². The van der Waals surface area contributed by atoms with Gasteiger partial charge in [0.1, 0.15) is 0 Å². The van der Waals surface area contributed by atoms with Crippen LogP contribution in [0.25, 0.3) is 0 Å². The predicted molar refractivity (Wildman–Crippen MR) is 94.1 cm³/mol. The second-order valence-corrected chi connectivity index (χ2v) is 9.49. The van der Waals surface area contributed by atoms with E-state index in [1.165, 1.54) is 4.88 Å². The van der Waals surface area contributed by atoms with Crippen molar-refractivity contribution in [1.82, 2.24) is 4.90 Å². The Morgan fingerprint density at radius 3 is 2.68 bits per heavy atom. The standard InChI is InChI=1S/C16H18BrNO2S2/c17-13-5-7-14(8-6-13)22(19,20)12-10-18-9-1-3-15(18)16-4-2-11-21-16/h2,4-8,11,15H,1,3,9-10,12H2/t15-/m1/s1. The van der Waals surface area contributed by atoms with Crippen LogP contribution < -0.4 is 0 Å². The van der Waals surface area contributed by atoms with Gasteiger partial charge >= 0.3 is 0 Å². The topological polar surface area (TPSA) is 37.4 Å². The lowest BCUT2D eigenvalue weighted by Gasteiger charge is -2.23. The van der Waals surface area contributed by atoms with Crippen molar-refractivity contribution in [3.8, 4) is 0 Å². The molecule has 0 spiro atoms. The van der Waals surface area contributed by atoms with Crippen molar-refractivity contribution < 1.29 is 8.42 Å². The van der Waals surface area contributed by atoms with Gasteiger partial charge in [0.05, 0.1) is 10.6 Å². The fourth-order valence-electron chi connectivity index (χ4n) is 2.89. The summed E-state index contributed by atoms with van der Waals surface area (Å²) < 4.78 is 25.8. The molecule has 1 aliphatic heterocycles. The largest absolute Gasteiger partial charge is 0.294 e. The van der Waals surface area contributed by atoms with Gasteiger partial charge in [-0.15, -0.1) is 11.3 Å². The molecule has 0 amide bonds. The lowest BCUT2D eigenvalue weighted by atomic mass is 10.2. The number of halogens is 1. The van der Waals surface area contributed by atoms with Crippen LogP contribution in [0.3, 0.4) is 0 Å². The molecule has 0 N–H and O–H groups in total. The summed E-state index contributed by atoms with van der Waals surface area (Å²) in [5, 5.41) is 2.09. The zero-order chi connectivity index (χ0) is 15.6. The van der Waals surface area contributed by atoms with Crippen LogP contribution in [0.1, 0.15) is 23.8 Å². The Kier molecular flexibility index (Phi) is 5.02. The number of likely N-dealkylation sites (tertiary alicyclic amines) is 1. The first-order valence-electron chi connectivity index (χ1n) is 7.32. The molecule has 1 aromatic carbocycles. The zero-order valence-corrected chi connectivity index (χ0v) is 15.3. The van der Waals surface area contributed by atoms with Gasteiger partial charge in [0.25, 0.3) is 0 Å². The summed E-state index contributed by atoms with van der Waals surface area (Å²) in [4.78, 5) is 4.06. The molecule has 0 unspecified atom stereocenters. The summed E-state index contributed by atoms with van der Waals surface area (Å²) in [6.45, 7) is 1.58. The Hall–Kier alpha value is -0.690. The molecule has 3 rings (SSSR count). The van der Waals surface area contributed by atoms with E-state index in [9.17, 15) is 8.42 Å². The summed E-state index contributed by atoms with van der Waals surface area (Å²) in [6, 6.07) is 11.5. The molecule has 1 aromatic heterocycles. The van der Waals surface area contributed by atoms with Crippen molar-refractivity contribution in [2.45, 2.75) is 23.8 Å². The average molecular weight is 400 g/mol. The molecule has 0 saturated carbocycles. The minimum Gasteiger partial charge on any atom is -0.294 e. The van der Waals surface area contributed by atoms with Crippen LogP contribution in [-0.4, -0.2) is 32.2 Å². The minimum atomic E-state index is -3.22. The van der Waals surface area contributed by atoms with E-state index >= 15 is 0 Å². The summed E-state index contributed by atoms with van der Waals surface area (Å²) in [5.74, 6) is 0.177. The van der Waals surface area contributed by atoms with Crippen LogP contribution >= 0.6 is 27.3 Å². The molecule has 6 heteroatoms. The van der Waals surface area contributed by atoms with Crippen molar-refractivity contribution in [3.63, 3.8) is 0 Å². The van der Waals surface area contributed by atoms with E-state index in [2.05, 4.69) is 38.3 Å². The predicted octanol–water partition coefficient (Wildman–Crippen LogP) is 4.12. The number of rotatable bonds is 5. The van der Waals surface area contributed by atoms with E-state index in [1.54, 1.807) is 35.6 Å². The highest BCUT2D eigenvalue weighted by Crippen LogP contribution is 2.34. The molecule has 118 valence electrons. The molecule has 1 aliphatic rings. The fraction of sp³-hybridized carbons (Fsp3) is 0.375. The average Bonchev–Trinajstić information content (AvgIpc) is 3.16. The Labute approximate surface area is 144 Å².